The molecule has 1 aliphatic heterocycles. The van der Waals surface area contributed by atoms with Crippen LogP contribution in [0, 0.1) is 0 Å². The largest absolute Gasteiger partial charge is 0.485 e. The van der Waals surface area contributed by atoms with Crippen molar-refractivity contribution in [1.82, 2.24) is 14.9 Å². The Bertz CT molecular complexity index is 1170. The number of hydrogen-bond donors (Lipinski definition) is 1. The minimum atomic E-state index is -0.698. The highest BCUT2D eigenvalue weighted by Gasteiger charge is 2.31. The predicted molar refractivity (Wildman–Crippen MR) is 121 cm³/mol. The average molecular weight is 425 g/mol. The second kappa shape index (κ2) is 8.98. The summed E-state index contributed by atoms with van der Waals surface area (Å²) in [5.41, 5.74) is 4.20. The van der Waals surface area contributed by atoms with Gasteiger partial charge >= 0.3 is 0 Å². The van der Waals surface area contributed by atoms with Crippen LogP contribution in [0.4, 0.5) is 0 Å². The lowest BCUT2D eigenvalue weighted by Gasteiger charge is -2.30. The molecule has 0 aliphatic carbocycles. The predicted octanol–water partition coefficient (Wildman–Crippen LogP) is 4.45. The van der Waals surface area contributed by atoms with Crippen molar-refractivity contribution in [3.63, 3.8) is 0 Å². The smallest absolute Gasteiger partial charge is 0.267 e. The van der Waals surface area contributed by atoms with Crippen LogP contribution in [-0.4, -0.2) is 33.5 Å². The first-order chi connectivity index (χ1) is 15.8. The molecular formula is C26H23N3O3. The van der Waals surface area contributed by atoms with Crippen molar-refractivity contribution >= 4 is 5.91 Å². The number of carbonyl (C=O) groups is 1. The Morgan fingerprint density at radius 1 is 0.906 bits per heavy atom. The molecule has 6 heteroatoms. The van der Waals surface area contributed by atoms with E-state index in [1.54, 1.807) is 17.4 Å². The summed E-state index contributed by atoms with van der Waals surface area (Å²) < 4.78 is 11.7. The van der Waals surface area contributed by atoms with Crippen LogP contribution in [0.3, 0.4) is 0 Å². The molecule has 2 heterocycles. The van der Waals surface area contributed by atoms with Crippen LogP contribution in [0.1, 0.15) is 11.3 Å². The zero-order valence-corrected chi connectivity index (χ0v) is 17.5. The van der Waals surface area contributed by atoms with Gasteiger partial charge in [-0.2, -0.15) is 0 Å². The van der Waals surface area contributed by atoms with Gasteiger partial charge in [-0.15, -0.1) is 0 Å². The molecule has 1 aromatic heterocycles. The number of H-pyrrole nitrogens is 1. The molecule has 4 aromatic rings. The Morgan fingerprint density at radius 2 is 1.62 bits per heavy atom. The summed E-state index contributed by atoms with van der Waals surface area (Å²) in [5.74, 6) is 1.13. The van der Waals surface area contributed by atoms with Crippen LogP contribution >= 0.6 is 0 Å². The maximum Gasteiger partial charge on any atom is 0.267 e. The molecule has 1 aliphatic rings. The molecule has 1 unspecified atom stereocenters. The van der Waals surface area contributed by atoms with Gasteiger partial charge < -0.3 is 19.4 Å². The third-order valence-corrected chi connectivity index (χ3v) is 5.45. The standard InChI is InChI=1S/C26H23N3O3/c30-26(25-17-31-23-8-4-5-9-24(23)32-25)29(16-22-14-27-18-28-22)15-19-10-12-21(13-11-19)20-6-2-1-3-7-20/h1-14,18,25H,15-17H2,(H,27,28). The molecule has 1 N–H and O–H groups in total. The molecule has 5 rings (SSSR count). The zero-order chi connectivity index (χ0) is 21.8. The fourth-order valence-corrected chi connectivity index (χ4v) is 3.79. The van der Waals surface area contributed by atoms with Gasteiger partial charge in [-0.1, -0.05) is 66.7 Å². The molecule has 6 nitrogen and oxygen atoms in total. The molecule has 160 valence electrons. The number of nitrogens with zero attached hydrogens (tertiary/aromatic N) is 2. The summed E-state index contributed by atoms with van der Waals surface area (Å²) in [6.45, 7) is 1.04. The molecule has 32 heavy (non-hydrogen) atoms. The second-order valence-corrected chi connectivity index (χ2v) is 7.70. The van der Waals surface area contributed by atoms with E-state index in [2.05, 4.69) is 46.4 Å². The van der Waals surface area contributed by atoms with E-state index in [1.165, 1.54) is 0 Å². The number of para-hydroxylation sites is 2. The van der Waals surface area contributed by atoms with Crippen LogP contribution < -0.4 is 9.47 Å². The zero-order valence-electron chi connectivity index (χ0n) is 17.5. The number of carbonyl (C=O) groups excluding carboxylic acids is 1. The molecule has 0 saturated heterocycles. The summed E-state index contributed by atoms with van der Waals surface area (Å²) >= 11 is 0. The number of aromatic amines is 1. The number of rotatable bonds is 6. The second-order valence-electron chi connectivity index (χ2n) is 7.70. The number of aromatic nitrogens is 2. The minimum absolute atomic E-state index is 0.124. The van der Waals surface area contributed by atoms with Crippen molar-refractivity contribution in [3.05, 3.63) is 103 Å². The van der Waals surface area contributed by atoms with Crippen LogP contribution in [0.5, 0.6) is 11.5 Å². The fourth-order valence-electron chi connectivity index (χ4n) is 3.79. The van der Waals surface area contributed by atoms with E-state index in [9.17, 15) is 4.79 Å². The lowest BCUT2D eigenvalue weighted by Crippen LogP contribution is -2.45. The molecule has 3 aromatic carbocycles. The molecule has 0 radical (unpaired) electrons. The van der Waals surface area contributed by atoms with Crippen LogP contribution in [0.15, 0.2) is 91.4 Å². The van der Waals surface area contributed by atoms with Gasteiger partial charge in [0.25, 0.3) is 5.91 Å². The van der Waals surface area contributed by atoms with Gasteiger partial charge in [0.1, 0.15) is 6.61 Å². The highest BCUT2D eigenvalue weighted by Crippen LogP contribution is 2.31. The van der Waals surface area contributed by atoms with E-state index < -0.39 is 6.10 Å². The minimum Gasteiger partial charge on any atom is -0.485 e. The molecule has 0 saturated carbocycles. The van der Waals surface area contributed by atoms with E-state index in [-0.39, 0.29) is 12.5 Å². The highest BCUT2D eigenvalue weighted by atomic mass is 16.6. The molecule has 0 bridgehead atoms. The van der Waals surface area contributed by atoms with Crippen LogP contribution in [0.2, 0.25) is 0 Å². The van der Waals surface area contributed by atoms with Crippen molar-refractivity contribution < 1.29 is 14.3 Å². The van der Waals surface area contributed by atoms with Crippen molar-refractivity contribution in [2.24, 2.45) is 0 Å². The van der Waals surface area contributed by atoms with Gasteiger partial charge in [0.05, 0.1) is 18.6 Å². The first-order valence-electron chi connectivity index (χ1n) is 10.5. The maximum atomic E-state index is 13.4. The summed E-state index contributed by atoms with van der Waals surface area (Å²) in [6, 6.07) is 25.9. The number of fused-ring (bicyclic) bond motifs is 1. The van der Waals surface area contributed by atoms with E-state index in [1.807, 2.05) is 42.5 Å². The lowest BCUT2D eigenvalue weighted by atomic mass is 10.0. The summed E-state index contributed by atoms with van der Waals surface area (Å²) in [6.07, 6.45) is 2.64. The van der Waals surface area contributed by atoms with Crippen molar-refractivity contribution in [3.8, 4) is 22.6 Å². The van der Waals surface area contributed by atoms with Crippen LogP contribution in [0.25, 0.3) is 11.1 Å². The first-order valence-corrected chi connectivity index (χ1v) is 10.5. The Balaban J connectivity index is 1.35. The van der Waals surface area contributed by atoms with Crippen molar-refractivity contribution in [2.45, 2.75) is 19.2 Å². The summed E-state index contributed by atoms with van der Waals surface area (Å²) in [5, 5.41) is 0. The topological polar surface area (TPSA) is 67.5 Å². The number of nitrogens with one attached hydrogen (secondary N) is 1. The molecular weight excluding hydrogens is 402 g/mol. The molecule has 0 spiro atoms. The Hall–Kier alpha value is -4.06. The fraction of sp³-hybridized carbons (Fsp3) is 0.154. The van der Waals surface area contributed by atoms with Crippen LogP contribution in [-0.2, 0) is 17.9 Å². The number of ether oxygens (including phenoxy) is 2. The Labute approximate surface area is 186 Å². The monoisotopic (exact) mass is 425 g/mol. The highest BCUT2D eigenvalue weighted by molar-refractivity contribution is 5.82. The van der Waals surface area contributed by atoms with Crippen molar-refractivity contribution in [2.75, 3.05) is 6.61 Å². The maximum absolute atomic E-state index is 13.4. The lowest BCUT2D eigenvalue weighted by molar-refractivity contribution is -0.142. The van der Waals surface area contributed by atoms with Gasteiger partial charge in [-0.05, 0) is 28.8 Å². The normalized spacial score (nSPS) is 14.7. The number of hydrogen-bond acceptors (Lipinski definition) is 4. The number of amides is 1. The number of benzene rings is 3. The Morgan fingerprint density at radius 3 is 2.38 bits per heavy atom. The van der Waals surface area contributed by atoms with Gasteiger partial charge in [0.2, 0.25) is 6.10 Å². The molecule has 1 amide bonds. The summed E-state index contributed by atoms with van der Waals surface area (Å²) in [4.78, 5) is 22.3. The van der Waals surface area contributed by atoms with Gasteiger partial charge in [-0.25, -0.2) is 4.98 Å². The third kappa shape index (κ3) is 4.34. The first kappa shape index (κ1) is 19.9. The van der Waals surface area contributed by atoms with Gasteiger partial charge in [0, 0.05) is 12.7 Å². The van der Waals surface area contributed by atoms with E-state index in [0.29, 0.717) is 24.6 Å². The Kier molecular flexibility index (Phi) is 5.58. The summed E-state index contributed by atoms with van der Waals surface area (Å²) in [7, 11) is 0. The average Bonchev–Trinajstić information content (AvgIpc) is 3.37. The van der Waals surface area contributed by atoms with E-state index in [0.717, 1.165) is 22.4 Å². The molecule has 0 fully saturated rings. The quantitative estimate of drug-likeness (QED) is 0.496. The third-order valence-electron chi connectivity index (χ3n) is 5.45. The van der Waals surface area contributed by atoms with Crippen molar-refractivity contribution in [1.29, 1.82) is 0 Å². The van der Waals surface area contributed by atoms with E-state index >= 15 is 0 Å². The van der Waals surface area contributed by atoms with Gasteiger partial charge in [0.15, 0.2) is 11.5 Å². The van der Waals surface area contributed by atoms with Gasteiger partial charge in [-0.3, -0.25) is 4.79 Å². The molecule has 1 atom stereocenters. The van der Waals surface area contributed by atoms with E-state index in [4.69, 9.17) is 9.47 Å². The number of imidazole rings is 1. The SMILES string of the molecule is O=C(C1COc2ccccc2O1)N(Cc1ccc(-c2ccccc2)cc1)Cc1cnc[nH]1.